The lowest BCUT2D eigenvalue weighted by atomic mass is 10.1. The van der Waals surface area contributed by atoms with Gasteiger partial charge in [-0.05, 0) is 12.8 Å². The molecular weight excluding hydrogens is 355 g/mol. The third kappa shape index (κ3) is 4.25. The van der Waals surface area contributed by atoms with Crippen LogP contribution in [0.4, 0.5) is 30.2 Å². The van der Waals surface area contributed by atoms with Crippen molar-refractivity contribution < 1.29 is 23.0 Å². The van der Waals surface area contributed by atoms with Crippen LogP contribution in [0.25, 0.3) is 0 Å². The fourth-order valence-electron chi connectivity index (χ4n) is 2.19. The van der Waals surface area contributed by atoms with E-state index in [4.69, 9.17) is 11.6 Å². The maximum atomic E-state index is 12.9. The van der Waals surface area contributed by atoms with Crippen LogP contribution in [0.15, 0.2) is 12.1 Å². The molecule has 0 spiro atoms. The average Bonchev–Trinajstić information content (AvgIpc) is 2.49. The van der Waals surface area contributed by atoms with Gasteiger partial charge < -0.3 is 4.90 Å². The van der Waals surface area contributed by atoms with E-state index in [9.17, 15) is 33.4 Å². The summed E-state index contributed by atoms with van der Waals surface area (Å²) in [6.07, 6.45) is -4.22. The largest absolute Gasteiger partial charge is 0.416 e. The number of benzene rings is 1. The molecule has 0 aliphatic rings. The Hall–Kier alpha value is -2.10. The van der Waals surface area contributed by atoms with Gasteiger partial charge in [0, 0.05) is 18.7 Å². The molecule has 1 atom stereocenters. The maximum Gasteiger partial charge on any atom is 0.416 e. The molecule has 0 saturated heterocycles. The predicted octanol–water partition coefficient (Wildman–Crippen LogP) is 4.71. The number of nitro benzene ring substituents is 2. The van der Waals surface area contributed by atoms with Crippen LogP contribution in [-0.4, -0.2) is 21.9 Å². The third-order valence-corrected chi connectivity index (χ3v) is 3.76. The Labute approximate surface area is 140 Å². The van der Waals surface area contributed by atoms with E-state index in [0.29, 0.717) is 18.6 Å². The van der Waals surface area contributed by atoms with Gasteiger partial charge >= 0.3 is 6.18 Å². The second-order valence-corrected chi connectivity index (χ2v) is 5.41. The maximum absolute atomic E-state index is 12.9. The van der Waals surface area contributed by atoms with Crippen LogP contribution < -0.4 is 4.90 Å². The Morgan fingerprint density at radius 2 is 1.62 bits per heavy atom. The summed E-state index contributed by atoms with van der Waals surface area (Å²) in [5, 5.41) is 22.5. The lowest BCUT2D eigenvalue weighted by Crippen LogP contribution is -2.33. The topological polar surface area (TPSA) is 89.5 Å². The Kier molecular flexibility index (Phi) is 6.35. The van der Waals surface area contributed by atoms with Crippen molar-refractivity contribution in [3.05, 3.63) is 37.9 Å². The number of nitrogens with zero attached hydrogens (tertiary/aromatic N) is 3. The smallest absolute Gasteiger partial charge is 0.344 e. The summed E-state index contributed by atoms with van der Waals surface area (Å²) in [7, 11) is 0. The monoisotopic (exact) mass is 369 g/mol. The van der Waals surface area contributed by atoms with E-state index in [-0.39, 0.29) is 13.0 Å². The summed E-state index contributed by atoms with van der Waals surface area (Å²) < 4.78 is 38.7. The molecule has 0 aliphatic heterocycles. The fourth-order valence-corrected chi connectivity index (χ4v) is 2.39. The summed E-state index contributed by atoms with van der Waals surface area (Å²) in [5.41, 5.74) is -4.79. The highest BCUT2D eigenvalue weighted by Gasteiger charge is 2.39. The van der Waals surface area contributed by atoms with E-state index in [1.807, 2.05) is 0 Å². The Morgan fingerprint density at radius 1 is 1.17 bits per heavy atom. The molecule has 0 radical (unpaired) electrons. The van der Waals surface area contributed by atoms with Gasteiger partial charge in [0.25, 0.3) is 11.4 Å². The normalized spacial score (nSPS) is 12.8. The molecule has 0 saturated carbocycles. The molecule has 0 aromatic heterocycles. The van der Waals surface area contributed by atoms with Crippen molar-refractivity contribution in [3.8, 4) is 0 Å². The second-order valence-electron chi connectivity index (χ2n) is 4.91. The van der Waals surface area contributed by atoms with E-state index >= 15 is 0 Å². The predicted molar refractivity (Wildman–Crippen MR) is 82.3 cm³/mol. The van der Waals surface area contributed by atoms with E-state index in [1.54, 1.807) is 13.8 Å². The molecular formula is C13H15ClF3N3O4. The lowest BCUT2D eigenvalue weighted by molar-refractivity contribution is -0.393. The number of alkyl halides is 4. The lowest BCUT2D eigenvalue weighted by Gasteiger charge is -2.28. The average molecular weight is 370 g/mol. The molecule has 7 nitrogen and oxygen atoms in total. The number of anilines is 1. The number of hydrogen-bond donors (Lipinski definition) is 0. The molecule has 24 heavy (non-hydrogen) atoms. The van der Waals surface area contributed by atoms with Crippen LogP contribution in [-0.2, 0) is 6.18 Å². The first kappa shape index (κ1) is 19.9. The van der Waals surface area contributed by atoms with Crippen LogP contribution in [0.5, 0.6) is 0 Å². The van der Waals surface area contributed by atoms with E-state index in [1.165, 1.54) is 4.90 Å². The summed E-state index contributed by atoms with van der Waals surface area (Å²) in [5.74, 6) is 0. The van der Waals surface area contributed by atoms with Crippen LogP contribution in [0.3, 0.4) is 0 Å². The standard InChI is InChI=1S/C13H15ClF3N3O4/c1-3-5-18(11(14)4-2)12-9(19(21)22)6-8(13(15,16)17)7-10(12)20(23)24/h6-7,11H,3-5H2,1-2H3. The molecule has 1 rings (SSSR count). The van der Waals surface area contributed by atoms with E-state index in [0.717, 1.165) is 0 Å². The van der Waals surface area contributed by atoms with Crippen molar-refractivity contribution >= 4 is 28.7 Å². The molecule has 134 valence electrons. The molecule has 1 aromatic carbocycles. The molecule has 0 amide bonds. The quantitative estimate of drug-likeness (QED) is 0.300. The third-order valence-electron chi connectivity index (χ3n) is 3.22. The van der Waals surface area contributed by atoms with Crippen LogP contribution >= 0.6 is 11.6 Å². The Balaban J connectivity index is 3.78. The molecule has 0 aliphatic carbocycles. The van der Waals surface area contributed by atoms with Gasteiger partial charge in [0.05, 0.1) is 15.4 Å². The van der Waals surface area contributed by atoms with Gasteiger partial charge in [-0.2, -0.15) is 13.2 Å². The van der Waals surface area contributed by atoms with Crippen molar-refractivity contribution in [2.24, 2.45) is 0 Å². The zero-order chi connectivity index (χ0) is 18.7. The minimum Gasteiger partial charge on any atom is -0.344 e. The summed E-state index contributed by atoms with van der Waals surface area (Å²) in [6, 6.07) is 0.592. The minimum atomic E-state index is -4.95. The first-order valence-corrected chi connectivity index (χ1v) is 7.42. The van der Waals surface area contributed by atoms with Crippen molar-refractivity contribution in [1.82, 2.24) is 0 Å². The SMILES string of the molecule is CCCN(c1c([N+](=O)[O-])cc(C(F)(F)F)cc1[N+](=O)[O-])C(Cl)CC. The fraction of sp³-hybridized carbons (Fsp3) is 0.538. The van der Waals surface area contributed by atoms with Gasteiger partial charge in [-0.1, -0.05) is 25.4 Å². The minimum absolute atomic E-state index is 0.120. The zero-order valence-electron chi connectivity index (χ0n) is 12.8. The van der Waals surface area contributed by atoms with Gasteiger partial charge in [-0.3, -0.25) is 20.2 Å². The van der Waals surface area contributed by atoms with Gasteiger partial charge in [0.1, 0.15) is 5.50 Å². The second kappa shape index (κ2) is 7.65. The van der Waals surface area contributed by atoms with Gasteiger partial charge in [0.2, 0.25) is 0 Å². The van der Waals surface area contributed by atoms with Crippen molar-refractivity contribution in [1.29, 1.82) is 0 Å². The number of halogens is 4. The Morgan fingerprint density at radius 3 is 1.92 bits per heavy atom. The number of rotatable bonds is 7. The van der Waals surface area contributed by atoms with Crippen molar-refractivity contribution in [2.75, 3.05) is 11.4 Å². The first-order valence-electron chi connectivity index (χ1n) is 6.99. The van der Waals surface area contributed by atoms with E-state index in [2.05, 4.69) is 0 Å². The number of hydrogen-bond acceptors (Lipinski definition) is 5. The van der Waals surface area contributed by atoms with Gasteiger partial charge in [-0.25, -0.2) is 0 Å². The highest BCUT2D eigenvalue weighted by atomic mass is 35.5. The van der Waals surface area contributed by atoms with Crippen LogP contribution in [0.1, 0.15) is 32.3 Å². The molecule has 1 aromatic rings. The Bertz CT molecular complexity index is 604. The van der Waals surface area contributed by atoms with Crippen LogP contribution in [0.2, 0.25) is 0 Å². The molecule has 1 unspecified atom stereocenters. The molecule has 0 fully saturated rings. The molecule has 11 heteroatoms. The highest BCUT2D eigenvalue weighted by Crippen LogP contribution is 2.44. The van der Waals surface area contributed by atoms with Gasteiger partial charge in [-0.15, -0.1) is 0 Å². The molecule has 0 bridgehead atoms. The van der Waals surface area contributed by atoms with Crippen LogP contribution in [0, 0.1) is 20.2 Å². The summed E-state index contributed by atoms with van der Waals surface area (Å²) in [4.78, 5) is 21.5. The number of nitro groups is 2. The summed E-state index contributed by atoms with van der Waals surface area (Å²) in [6.45, 7) is 3.49. The van der Waals surface area contributed by atoms with Crippen molar-refractivity contribution in [3.63, 3.8) is 0 Å². The highest BCUT2D eigenvalue weighted by molar-refractivity contribution is 6.22. The molecule has 0 N–H and O–H groups in total. The first-order chi connectivity index (χ1) is 11.0. The summed E-state index contributed by atoms with van der Waals surface area (Å²) >= 11 is 6.09. The van der Waals surface area contributed by atoms with Gasteiger partial charge in [0.15, 0.2) is 5.69 Å². The van der Waals surface area contributed by atoms with Crippen molar-refractivity contribution in [2.45, 2.75) is 38.4 Å². The molecule has 0 heterocycles. The zero-order valence-corrected chi connectivity index (χ0v) is 13.6. The van der Waals surface area contributed by atoms with E-state index < -0.39 is 44.1 Å².